The van der Waals surface area contributed by atoms with E-state index >= 15 is 0 Å². The molecule has 11 heavy (non-hydrogen) atoms. The van der Waals surface area contributed by atoms with Gasteiger partial charge in [0.1, 0.15) is 6.29 Å². The van der Waals surface area contributed by atoms with Gasteiger partial charge in [-0.2, -0.15) is 0 Å². The number of aliphatic hydroxyl groups is 1. The summed E-state index contributed by atoms with van der Waals surface area (Å²) < 4.78 is 0. The molecule has 0 unspecified atom stereocenters. The van der Waals surface area contributed by atoms with Gasteiger partial charge in [-0.25, -0.2) is 0 Å². The molecule has 3 heteroatoms. The minimum atomic E-state index is 0.301. The van der Waals surface area contributed by atoms with Crippen molar-refractivity contribution in [1.82, 2.24) is 4.90 Å². The van der Waals surface area contributed by atoms with Gasteiger partial charge in [0.05, 0.1) is 6.54 Å². The highest BCUT2D eigenvalue weighted by atomic mass is 16.3. The Balaban J connectivity index is 2.18. The second-order valence-electron chi connectivity index (χ2n) is 3.09. The molecule has 0 aromatic rings. The Bertz CT molecular complexity index is 119. The topological polar surface area (TPSA) is 40.5 Å². The van der Waals surface area contributed by atoms with E-state index in [1.54, 1.807) is 0 Å². The lowest BCUT2D eigenvalue weighted by molar-refractivity contribution is -0.109. The van der Waals surface area contributed by atoms with Crippen LogP contribution in [0.2, 0.25) is 0 Å². The van der Waals surface area contributed by atoms with Crippen molar-refractivity contribution < 1.29 is 9.90 Å². The van der Waals surface area contributed by atoms with Crippen molar-refractivity contribution >= 4 is 6.29 Å². The SMILES string of the molecule is O=CCN1CCC(CO)CC1. The first-order valence-corrected chi connectivity index (χ1v) is 4.13. The van der Waals surface area contributed by atoms with Crippen molar-refractivity contribution in [3.8, 4) is 0 Å². The third kappa shape index (κ3) is 2.60. The second kappa shape index (κ2) is 4.46. The molecule has 0 saturated carbocycles. The van der Waals surface area contributed by atoms with Crippen molar-refractivity contribution in [2.75, 3.05) is 26.2 Å². The summed E-state index contributed by atoms with van der Waals surface area (Å²) in [5, 5.41) is 8.82. The lowest BCUT2D eigenvalue weighted by Gasteiger charge is -2.29. The molecule has 0 spiro atoms. The van der Waals surface area contributed by atoms with E-state index in [1.807, 2.05) is 0 Å². The van der Waals surface area contributed by atoms with Gasteiger partial charge < -0.3 is 9.90 Å². The molecule has 0 aliphatic carbocycles. The summed E-state index contributed by atoms with van der Waals surface area (Å²) in [7, 11) is 0. The van der Waals surface area contributed by atoms with Crippen LogP contribution in [0, 0.1) is 5.92 Å². The summed E-state index contributed by atoms with van der Waals surface area (Å²) in [5.41, 5.74) is 0. The first-order valence-electron chi connectivity index (χ1n) is 4.13. The van der Waals surface area contributed by atoms with Crippen molar-refractivity contribution in [2.24, 2.45) is 5.92 Å². The van der Waals surface area contributed by atoms with E-state index in [-0.39, 0.29) is 0 Å². The van der Waals surface area contributed by atoms with Crippen LogP contribution in [0.15, 0.2) is 0 Å². The molecule has 64 valence electrons. The lowest BCUT2D eigenvalue weighted by atomic mass is 9.98. The van der Waals surface area contributed by atoms with Crippen LogP contribution in [0.1, 0.15) is 12.8 Å². The third-order valence-corrected chi connectivity index (χ3v) is 2.30. The minimum Gasteiger partial charge on any atom is -0.396 e. The molecule has 1 fully saturated rings. The molecule has 0 aromatic carbocycles. The Labute approximate surface area is 67.0 Å². The van der Waals surface area contributed by atoms with Gasteiger partial charge in [0.2, 0.25) is 0 Å². The predicted octanol–water partition coefficient (Wildman–Crippen LogP) is -0.110. The number of piperidine rings is 1. The molecule has 1 N–H and O–H groups in total. The molecule has 1 aliphatic rings. The fraction of sp³-hybridized carbons (Fsp3) is 0.875. The number of aldehydes is 1. The number of aliphatic hydroxyl groups excluding tert-OH is 1. The third-order valence-electron chi connectivity index (χ3n) is 2.30. The Morgan fingerprint density at radius 3 is 2.55 bits per heavy atom. The maximum atomic E-state index is 10.1. The maximum absolute atomic E-state index is 10.1. The van der Waals surface area contributed by atoms with Gasteiger partial charge in [-0.3, -0.25) is 4.90 Å². The van der Waals surface area contributed by atoms with Gasteiger partial charge in [-0.05, 0) is 31.8 Å². The van der Waals surface area contributed by atoms with Gasteiger partial charge in [0.25, 0.3) is 0 Å². The summed E-state index contributed by atoms with van der Waals surface area (Å²) in [5.74, 6) is 0.470. The van der Waals surface area contributed by atoms with E-state index < -0.39 is 0 Å². The van der Waals surface area contributed by atoms with E-state index in [0.29, 0.717) is 19.1 Å². The van der Waals surface area contributed by atoms with Crippen LogP contribution in [-0.2, 0) is 4.79 Å². The smallest absolute Gasteiger partial charge is 0.133 e. The number of likely N-dealkylation sites (tertiary alicyclic amines) is 1. The largest absolute Gasteiger partial charge is 0.396 e. The van der Waals surface area contributed by atoms with Crippen molar-refractivity contribution in [2.45, 2.75) is 12.8 Å². The van der Waals surface area contributed by atoms with Crippen LogP contribution >= 0.6 is 0 Å². The molecule has 1 rings (SSSR count). The highest BCUT2D eigenvalue weighted by molar-refractivity contribution is 5.51. The minimum absolute atomic E-state index is 0.301. The monoisotopic (exact) mass is 157 g/mol. The van der Waals surface area contributed by atoms with Crippen molar-refractivity contribution in [3.05, 3.63) is 0 Å². The number of carbonyl (C=O) groups is 1. The molecule has 0 radical (unpaired) electrons. The first-order chi connectivity index (χ1) is 5.36. The van der Waals surface area contributed by atoms with E-state index in [1.165, 1.54) is 0 Å². The van der Waals surface area contributed by atoms with Gasteiger partial charge in [-0.15, -0.1) is 0 Å². The number of hydrogen-bond donors (Lipinski definition) is 1. The fourth-order valence-corrected chi connectivity index (χ4v) is 1.46. The standard InChI is InChI=1S/C8H15NO2/c10-6-5-9-3-1-8(7-11)2-4-9/h6,8,11H,1-5,7H2. The quantitative estimate of drug-likeness (QED) is 0.581. The summed E-state index contributed by atoms with van der Waals surface area (Å²) >= 11 is 0. The fourth-order valence-electron chi connectivity index (χ4n) is 1.46. The molecule has 0 atom stereocenters. The highest BCUT2D eigenvalue weighted by Gasteiger charge is 2.17. The summed E-state index contributed by atoms with van der Waals surface area (Å²) in [4.78, 5) is 12.3. The lowest BCUT2D eigenvalue weighted by Crippen LogP contribution is -2.35. The Hall–Kier alpha value is -0.410. The molecular weight excluding hydrogens is 142 g/mol. The molecular formula is C8H15NO2. The molecule has 1 saturated heterocycles. The zero-order valence-electron chi connectivity index (χ0n) is 6.70. The zero-order valence-corrected chi connectivity index (χ0v) is 6.70. The van der Waals surface area contributed by atoms with Gasteiger partial charge >= 0.3 is 0 Å². The average Bonchev–Trinajstić information content (AvgIpc) is 2.07. The molecule has 0 aromatic heterocycles. The van der Waals surface area contributed by atoms with Crippen molar-refractivity contribution in [3.63, 3.8) is 0 Å². The summed E-state index contributed by atoms with van der Waals surface area (Å²) in [6.07, 6.45) is 3.01. The van der Waals surface area contributed by atoms with Crippen LogP contribution in [0.25, 0.3) is 0 Å². The maximum Gasteiger partial charge on any atom is 0.133 e. The zero-order chi connectivity index (χ0) is 8.10. The highest BCUT2D eigenvalue weighted by Crippen LogP contribution is 2.15. The van der Waals surface area contributed by atoms with Gasteiger partial charge in [0, 0.05) is 6.61 Å². The molecule has 3 nitrogen and oxygen atoms in total. The second-order valence-corrected chi connectivity index (χ2v) is 3.09. The normalized spacial score (nSPS) is 21.9. The van der Waals surface area contributed by atoms with Gasteiger partial charge in [-0.1, -0.05) is 0 Å². The molecule has 0 bridgehead atoms. The molecule has 0 amide bonds. The number of carbonyl (C=O) groups excluding carboxylic acids is 1. The average molecular weight is 157 g/mol. The van der Waals surface area contributed by atoms with Crippen LogP contribution < -0.4 is 0 Å². The van der Waals surface area contributed by atoms with Gasteiger partial charge in [0.15, 0.2) is 0 Å². The molecule has 1 heterocycles. The van der Waals surface area contributed by atoms with E-state index in [2.05, 4.69) is 4.90 Å². The predicted molar refractivity (Wildman–Crippen MR) is 42.3 cm³/mol. The summed E-state index contributed by atoms with van der Waals surface area (Å²) in [6, 6.07) is 0. The first kappa shape index (κ1) is 8.68. The Morgan fingerprint density at radius 2 is 2.09 bits per heavy atom. The van der Waals surface area contributed by atoms with E-state index in [9.17, 15) is 4.79 Å². The van der Waals surface area contributed by atoms with E-state index in [0.717, 1.165) is 32.2 Å². The summed E-state index contributed by atoms with van der Waals surface area (Å²) in [6.45, 7) is 2.78. The van der Waals surface area contributed by atoms with Crippen LogP contribution in [-0.4, -0.2) is 42.5 Å². The Morgan fingerprint density at radius 1 is 1.45 bits per heavy atom. The number of rotatable bonds is 3. The van der Waals surface area contributed by atoms with Crippen molar-refractivity contribution in [1.29, 1.82) is 0 Å². The van der Waals surface area contributed by atoms with Crippen LogP contribution in [0.3, 0.4) is 0 Å². The van der Waals surface area contributed by atoms with Crippen LogP contribution in [0.4, 0.5) is 0 Å². The van der Waals surface area contributed by atoms with Crippen LogP contribution in [0.5, 0.6) is 0 Å². The number of nitrogens with zero attached hydrogens (tertiary/aromatic N) is 1. The number of hydrogen-bond acceptors (Lipinski definition) is 3. The molecule has 1 aliphatic heterocycles. The Kier molecular flexibility index (Phi) is 3.52. The van der Waals surface area contributed by atoms with E-state index in [4.69, 9.17) is 5.11 Å².